The van der Waals surface area contributed by atoms with Gasteiger partial charge in [0.15, 0.2) is 0 Å². The van der Waals surface area contributed by atoms with Gasteiger partial charge in [0, 0.05) is 18.3 Å². The van der Waals surface area contributed by atoms with Crippen LogP contribution in [0.2, 0.25) is 10.0 Å². The number of carbonyl (C=O) groups is 2. The predicted octanol–water partition coefficient (Wildman–Crippen LogP) is 4.08. The van der Waals surface area contributed by atoms with E-state index in [2.05, 4.69) is 20.9 Å². The smallest absolute Gasteiger partial charge is 0.230 e. The van der Waals surface area contributed by atoms with Crippen molar-refractivity contribution in [1.82, 2.24) is 15.0 Å². The Balaban J connectivity index is 1.65. The number of aromatic nitrogens is 3. The molecule has 3 aromatic rings. The first-order valence-electron chi connectivity index (χ1n) is 8.82. The first-order valence-corrected chi connectivity index (χ1v) is 9.58. The summed E-state index contributed by atoms with van der Waals surface area (Å²) < 4.78 is 1.71. The van der Waals surface area contributed by atoms with Gasteiger partial charge in [0.05, 0.1) is 34.4 Å². The zero-order valence-corrected chi connectivity index (χ0v) is 17.4. The lowest BCUT2D eigenvalue weighted by Gasteiger charge is -2.08. The SMILES string of the molecule is CC(=O)Nc1cccc(NC(=O)Cc2nnn(Cc3ccc(Cl)c(Cl)c3)c2C)c1. The zero-order chi connectivity index (χ0) is 21.0. The van der Waals surface area contributed by atoms with Crippen LogP contribution in [0, 0.1) is 6.92 Å². The highest BCUT2D eigenvalue weighted by Crippen LogP contribution is 2.23. The maximum Gasteiger partial charge on any atom is 0.230 e. The van der Waals surface area contributed by atoms with E-state index >= 15 is 0 Å². The number of rotatable bonds is 6. The summed E-state index contributed by atoms with van der Waals surface area (Å²) in [5, 5.41) is 14.7. The Morgan fingerprint density at radius 1 is 1.03 bits per heavy atom. The maximum absolute atomic E-state index is 12.4. The molecule has 9 heteroatoms. The molecule has 0 bridgehead atoms. The molecule has 0 atom stereocenters. The van der Waals surface area contributed by atoms with E-state index < -0.39 is 0 Å². The van der Waals surface area contributed by atoms with Gasteiger partial charge in [-0.05, 0) is 42.8 Å². The molecule has 2 aromatic carbocycles. The largest absolute Gasteiger partial charge is 0.326 e. The molecule has 0 fully saturated rings. The van der Waals surface area contributed by atoms with E-state index in [-0.39, 0.29) is 18.2 Å². The molecule has 0 spiro atoms. The second-order valence-corrected chi connectivity index (χ2v) is 7.33. The van der Waals surface area contributed by atoms with Crippen molar-refractivity contribution in [2.45, 2.75) is 26.8 Å². The van der Waals surface area contributed by atoms with E-state index in [0.29, 0.717) is 33.7 Å². The normalized spacial score (nSPS) is 10.6. The summed E-state index contributed by atoms with van der Waals surface area (Å²) in [4.78, 5) is 23.6. The summed E-state index contributed by atoms with van der Waals surface area (Å²) in [6, 6.07) is 12.3. The van der Waals surface area contributed by atoms with E-state index in [1.807, 2.05) is 13.0 Å². The summed E-state index contributed by atoms with van der Waals surface area (Å²) in [5.41, 5.74) is 3.50. The van der Waals surface area contributed by atoms with Gasteiger partial charge in [0.2, 0.25) is 11.8 Å². The van der Waals surface area contributed by atoms with E-state index in [9.17, 15) is 9.59 Å². The lowest BCUT2D eigenvalue weighted by atomic mass is 10.2. The summed E-state index contributed by atoms with van der Waals surface area (Å²) in [5.74, 6) is -0.405. The molecule has 29 heavy (non-hydrogen) atoms. The van der Waals surface area contributed by atoms with Gasteiger partial charge in [-0.2, -0.15) is 0 Å². The van der Waals surface area contributed by atoms with Crippen LogP contribution in [0.25, 0.3) is 0 Å². The average Bonchev–Trinajstić information content (AvgIpc) is 2.98. The second kappa shape index (κ2) is 9.07. The van der Waals surface area contributed by atoms with Gasteiger partial charge < -0.3 is 10.6 Å². The van der Waals surface area contributed by atoms with Crippen LogP contribution in [-0.4, -0.2) is 26.8 Å². The fourth-order valence-corrected chi connectivity index (χ4v) is 3.08. The molecule has 1 heterocycles. The Morgan fingerprint density at radius 3 is 2.45 bits per heavy atom. The number of carbonyl (C=O) groups excluding carboxylic acids is 2. The molecule has 0 unspecified atom stereocenters. The third-order valence-corrected chi connectivity index (χ3v) is 4.93. The van der Waals surface area contributed by atoms with Crippen LogP contribution in [0.4, 0.5) is 11.4 Å². The topological polar surface area (TPSA) is 88.9 Å². The molecule has 2 N–H and O–H groups in total. The van der Waals surface area contributed by atoms with Gasteiger partial charge in [-0.15, -0.1) is 5.10 Å². The number of nitrogens with one attached hydrogen (secondary N) is 2. The minimum atomic E-state index is -0.227. The van der Waals surface area contributed by atoms with Crippen LogP contribution in [0.5, 0.6) is 0 Å². The number of anilines is 2. The lowest BCUT2D eigenvalue weighted by Crippen LogP contribution is -2.16. The molecule has 0 aliphatic heterocycles. The second-order valence-electron chi connectivity index (χ2n) is 6.51. The standard InChI is InChI=1S/C20H19Cl2N5O2/c1-12-19(25-26-27(12)11-14-6-7-17(21)18(22)8-14)10-20(29)24-16-5-3-4-15(9-16)23-13(2)28/h3-9H,10-11H2,1-2H3,(H,23,28)(H,24,29). The summed E-state index contributed by atoms with van der Waals surface area (Å²) >= 11 is 12.0. The van der Waals surface area contributed by atoms with Gasteiger partial charge in [0.25, 0.3) is 0 Å². The van der Waals surface area contributed by atoms with Crippen LogP contribution >= 0.6 is 23.2 Å². The number of halogens is 2. The zero-order valence-electron chi connectivity index (χ0n) is 15.9. The molecule has 0 aliphatic rings. The molecule has 1 aromatic heterocycles. The predicted molar refractivity (Wildman–Crippen MR) is 113 cm³/mol. The van der Waals surface area contributed by atoms with Crippen molar-refractivity contribution in [3.05, 3.63) is 69.5 Å². The molecule has 3 rings (SSSR count). The van der Waals surface area contributed by atoms with Gasteiger partial charge in [-0.1, -0.05) is 40.5 Å². The van der Waals surface area contributed by atoms with Crippen molar-refractivity contribution in [1.29, 1.82) is 0 Å². The van der Waals surface area contributed by atoms with Gasteiger partial charge in [0.1, 0.15) is 0 Å². The Labute approximate surface area is 178 Å². The van der Waals surface area contributed by atoms with Crippen molar-refractivity contribution < 1.29 is 9.59 Å². The highest BCUT2D eigenvalue weighted by molar-refractivity contribution is 6.42. The van der Waals surface area contributed by atoms with Crippen molar-refractivity contribution in [3.8, 4) is 0 Å². The van der Waals surface area contributed by atoms with Gasteiger partial charge in [-0.3, -0.25) is 9.59 Å². The number of nitrogens with zero attached hydrogens (tertiary/aromatic N) is 3. The quantitative estimate of drug-likeness (QED) is 0.615. The van der Waals surface area contributed by atoms with Crippen LogP contribution < -0.4 is 10.6 Å². The molecule has 0 saturated heterocycles. The van der Waals surface area contributed by atoms with Gasteiger partial charge >= 0.3 is 0 Å². The minimum absolute atomic E-state index is 0.0809. The van der Waals surface area contributed by atoms with Crippen molar-refractivity contribution >= 4 is 46.4 Å². The molecular formula is C20H19Cl2N5O2. The molecule has 7 nitrogen and oxygen atoms in total. The Morgan fingerprint density at radius 2 is 1.76 bits per heavy atom. The van der Waals surface area contributed by atoms with E-state index in [1.165, 1.54) is 6.92 Å². The fourth-order valence-electron chi connectivity index (χ4n) is 2.76. The van der Waals surface area contributed by atoms with Crippen LogP contribution in [0.1, 0.15) is 23.9 Å². The average molecular weight is 432 g/mol. The summed E-state index contributed by atoms with van der Waals surface area (Å²) in [7, 11) is 0. The van der Waals surface area contributed by atoms with Gasteiger partial charge in [-0.25, -0.2) is 4.68 Å². The Hall–Kier alpha value is -2.90. The minimum Gasteiger partial charge on any atom is -0.326 e. The third-order valence-electron chi connectivity index (χ3n) is 4.19. The maximum atomic E-state index is 12.4. The lowest BCUT2D eigenvalue weighted by molar-refractivity contribution is -0.116. The Bertz CT molecular complexity index is 1060. The molecule has 150 valence electrons. The van der Waals surface area contributed by atoms with Crippen molar-refractivity contribution in [3.63, 3.8) is 0 Å². The highest BCUT2D eigenvalue weighted by atomic mass is 35.5. The van der Waals surface area contributed by atoms with Crippen molar-refractivity contribution in [2.75, 3.05) is 10.6 Å². The first kappa shape index (κ1) is 20.8. The number of hydrogen-bond acceptors (Lipinski definition) is 4. The number of amides is 2. The number of hydrogen-bond donors (Lipinski definition) is 2. The van der Waals surface area contributed by atoms with E-state index in [1.54, 1.807) is 41.1 Å². The third kappa shape index (κ3) is 5.56. The van der Waals surface area contributed by atoms with Crippen LogP contribution in [-0.2, 0) is 22.6 Å². The first-order chi connectivity index (χ1) is 13.8. The summed E-state index contributed by atoms with van der Waals surface area (Å²) in [6.07, 6.45) is 0.0809. The molecule has 0 radical (unpaired) electrons. The van der Waals surface area contributed by atoms with Crippen molar-refractivity contribution in [2.24, 2.45) is 0 Å². The molecular weight excluding hydrogens is 413 g/mol. The van der Waals surface area contributed by atoms with E-state index in [4.69, 9.17) is 23.2 Å². The highest BCUT2D eigenvalue weighted by Gasteiger charge is 2.14. The molecule has 0 aliphatic carbocycles. The molecule has 2 amide bonds. The number of benzene rings is 2. The fraction of sp³-hybridized carbons (Fsp3) is 0.200. The Kier molecular flexibility index (Phi) is 6.51. The summed E-state index contributed by atoms with van der Waals surface area (Å²) in [6.45, 7) is 3.75. The van der Waals surface area contributed by atoms with E-state index in [0.717, 1.165) is 11.3 Å². The van der Waals surface area contributed by atoms with Crippen LogP contribution in [0.3, 0.4) is 0 Å². The van der Waals surface area contributed by atoms with Crippen LogP contribution in [0.15, 0.2) is 42.5 Å². The monoisotopic (exact) mass is 431 g/mol. The molecule has 0 saturated carbocycles.